The molecule has 66 valence electrons. The Morgan fingerprint density at radius 1 is 1.17 bits per heavy atom. The van der Waals surface area contributed by atoms with E-state index in [1.165, 1.54) is 6.42 Å². The smallest absolute Gasteiger partial charge is 0.139 e. The predicted molar refractivity (Wildman–Crippen MR) is 47.1 cm³/mol. The normalized spacial score (nSPS) is 56.4. The zero-order chi connectivity index (χ0) is 8.34. The Labute approximate surface area is 77.5 Å². The van der Waals surface area contributed by atoms with E-state index < -0.39 is 0 Å². The van der Waals surface area contributed by atoms with Crippen molar-refractivity contribution in [2.45, 2.75) is 37.0 Å². The molecule has 0 aliphatic heterocycles. The number of Topliss-reactive ketones (excluding diaryl/α,β-unsaturated/α-hetero) is 1. The molecule has 4 bridgehead atoms. The first-order valence-electron chi connectivity index (χ1n) is 4.89. The minimum atomic E-state index is 0.0322. The van der Waals surface area contributed by atoms with E-state index in [-0.39, 0.29) is 4.87 Å². The molecule has 0 N–H and O–H groups in total. The maximum Gasteiger partial charge on any atom is 0.139 e. The summed E-state index contributed by atoms with van der Waals surface area (Å²) in [5.41, 5.74) is 0. The molecule has 12 heavy (non-hydrogen) atoms. The second kappa shape index (κ2) is 2.06. The van der Waals surface area contributed by atoms with Crippen LogP contribution in [-0.4, -0.2) is 10.7 Å². The quantitative estimate of drug-likeness (QED) is 0.529. The third-order valence-corrected chi connectivity index (χ3v) is 4.38. The molecule has 0 heterocycles. The fourth-order valence-electron chi connectivity index (χ4n) is 3.65. The lowest BCUT2D eigenvalue weighted by Crippen LogP contribution is -2.52. The molecular formula is C10H13ClO. The minimum absolute atomic E-state index is 0.0322. The van der Waals surface area contributed by atoms with E-state index >= 15 is 0 Å². The molecule has 0 aromatic rings. The van der Waals surface area contributed by atoms with Gasteiger partial charge in [0.15, 0.2) is 0 Å². The van der Waals surface area contributed by atoms with Gasteiger partial charge in [0.05, 0.1) is 0 Å². The van der Waals surface area contributed by atoms with Gasteiger partial charge in [-0.25, -0.2) is 0 Å². The van der Waals surface area contributed by atoms with E-state index in [0.717, 1.165) is 31.6 Å². The second-order valence-electron chi connectivity index (χ2n) is 4.90. The molecule has 4 saturated carbocycles. The third-order valence-electron chi connectivity index (χ3n) is 3.92. The molecule has 0 aromatic carbocycles. The summed E-state index contributed by atoms with van der Waals surface area (Å²) in [7, 11) is 0. The van der Waals surface area contributed by atoms with Crippen molar-refractivity contribution >= 4 is 17.4 Å². The monoisotopic (exact) mass is 184 g/mol. The largest absolute Gasteiger partial charge is 0.299 e. The lowest BCUT2D eigenvalue weighted by Gasteiger charge is -2.52. The minimum Gasteiger partial charge on any atom is -0.299 e. The van der Waals surface area contributed by atoms with Gasteiger partial charge in [-0.05, 0) is 38.0 Å². The van der Waals surface area contributed by atoms with Crippen molar-refractivity contribution in [2.24, 2.45) is 17.8 Å². The molecule has 2 heteroatoms. The summed E-state index contributed by atoms with van der Waals surface area (Å²) in [6, 6.07) is 0. The average molecular weight is 185 g/mol. The summed E-state index contributed by atoms with van der Waals surface area (Å²) in [6.45, 7) is 0. The molecule has 4 fully saturated rings. The zero-order valence-corrected chi connectivity index (χ0v) is 7.81. The van der Waals surface area contributed by atoms with Crippen molar-refractivity contribution in [3.8, 4) is 0 Å². The van der Waals surface area contributed by atoms with Gasteiger partial charge in [0.1, 0.15) is 5.78 Å². The molecule has 4 rings (SSSR count). The fourth-order valence-corrected chi connectivity index (χ4v) is 4.24. The summed E-state index contributed by atoms with van der Waals surface area (Å²) in [5, 5.41) is 0. The van der Waals surface area contributed by atoms with Crippen LogP contribution in [0.15, 0.2) is 0 Å². The standard InChI is InChI=1S/C10H13ClO/c11-10-3-6-1-7(4-10)9(12)8(2-6)5-10/h6-8H,1-5H2/t6?,7-,8-,10?/m0/s1. The highest BCUT2D eigenvalue weighted by Crippen LogP contribution is 2.56. The second-order valence-corrected chi connectivity index (χ2v) is 5.70. The van der Waals surface area contributed by atoms with Crippen LogP contribution in [0, 0.1) is 17.8 Å². The third kappa shape index (κ3) is 0.834. The zero-order valence-electron chi connectivity index (χ0n) is 7.05. The first-order chi connectivity index (χ1) is 5.66. The number of hydrogen-bond donors (Lipinski definition) is 0. The number of hydrogen-bond acceptors (Lipinski definition) is 1. The van der Waals surface area contributed by atoms with Crippen molar-refractivity contribution in [3.63, 3.8) is 0 Å². The van der Waals surface area contributed by atoms with E-state index in [1.54, 1.807) is 0 Å². The van der Waals surface area contributed by atoms with E-state index in [2.05, 4.69) is 0 Å². The Kier molecular flexibility index (Phi) is 1.27. The Balaban J connectivity index is 2.00. The van der Waals surface area contributed by atoms with E-state index in [9.17, 15) is 4.79 Å². The van der Waals surface area contributed by atoms with Gasteiger partial charge in [-0.1, -0.05) is 0 Å². The molecule has 0 aromatic heterocycles. The summed E-state index contributed by atoms with van der Waals surface area (Å²) in [5.74, 6) is 1.99. The van der Waals surface area contributed by atoms with Crippen molar-refractivity contribution in [2.75, 3.05) is 0 Å². The Morgan fingerprint density at radius 3 is 2.25 bits per heavy atom. The Bertz CT molecular complexity index is 230. The fraction of sp³-hybridized carbons (Fsp3) is 0.900. The van der Waals surface area contributed by atoms with E-state index in [4.69, 9.17) is 11.6 Å². The molecule has 4 aliphatic rings. The number of ketones is 1. The van der Waals surface area contributed by atoms with Crippen LogP contribution in [0.25, 0.3) is 0 Å². The van der Waals surface area contributed by atoms with Gasteiger partial charge in [-0.3, -0.25) is 4.79 Å². The highest BCUT2D eigenvalue weighted by atomic mass is 35.5. The maximum atomic E-state index is 11.7. The van der Waals surface area contributed by atoms with Crippen LogP contribution in [0.4, 0.5) is 0 Å². The van der Waals surface area contributed by atoms with Crippen molar-refractivity contribution in [1.82, 2.24) is 0 Å². The van der Waals surface area contributed by atoms with Crippen LogP contribution < -0.4 is 0 Å². The number of alkyl halides is 1. The molecule has 0 amide bonds. The number of halogens is 1. The highest BCUT2D eigenvalue weighted by molar-refractivity contribution is 6.24. The summed E-state index contributed by atoms with van der Waals surface area (Å²) in [4.78, 5) is 11.7. The van der Waals surface area contributed by atoms with Crippen molar-refractivity contribution in [1.29, 1.82) is 0 Å². The van der Waals surface area contributed by atoms with Gasteiger partial charge in [0, 0.05) is 16.7 Å². The average Bonchev–Trinajstić information content (AvgIpc) is 1.96. The van der Waals surface area contributed by atoms with Gasteiger partial charge in [-0.15, -0.1) is 11.6 Å². The van der Waals surface area contributed by atoms with Gasteiger partial charge in [-0.2, -0.15) is 0 Å². The lowest BCUT2D eigenvalue weighted by atomic mass is 9.55. The maximum absolute atomic E-state index is 11.7. The summed E-state index contributed by atoms with van der Waals surface area (Å²) < 4.78 is 0. The van der Waals surface area contributed by atoms with Gasteiger partial charge >= 0.3 is 0 Å². The summed E-state index contributed by atoms with van der Waals surface area (Å²) >= 11 is 6.44. The van der Waals surface area contributed by atoms with Crippen LogP contribution in [0.5, 0.6) is 0 Å². The first kappa shape index (κ1) is 7.37. The van der Waals surface area contributed by atoms with Crippen molar-refractivity contribution in [3.05, 3.63) is 0 Å². The molecule has 0 spiro atoms. The van der Waals surface area contributed by atoms with Gasteiger partial charge < -0.3 is 0 Å². The van der Waals surface area contributed by atoms with E-state index in [0.29, 0.717) is 17.6 Å². The first-order valence-corrected chi connectivity index (χ1v) is 5.27. The van der Waals surface area contributed by atoms with Crippen molar-refractivity contribution < 1.29 is 4.79 Å². The van der Waals surface area contributed by atoms with E-state index in [1.807, 2.05) is 0 Å². The molecule has 0 saturated heterocycles. The number of carbonyl (C=O) groups excluding carboxylic acids is 1. The van der Waals surface area contributed by atoms with Crippen LogP contribution >= 0.6 is 11.6 Å². The molecule has 0 radical (unpaired) electrons. The van der Waals surface area contributed by atoms with Gasteiger partial charge in [0.25, 0.3) is 0 Å². The topological polar surface area (TPSA) is 17.1 Å². The Morgan fingerprint density at radius 2 is 1.75 bits per heavy atom. The molecule has 4 aliphatic carbocycles. The number of carbonyl (C=O) groups is 1. The number of rotatable bonds is 0. The van der Waals surface area contributed by atoms with Crippen LogP contribution in [0.2, 0.25) is 0 Å². The SMILES string of the molecule is O=C1[C@H]2CC3C[C@H]1CC(Cl)(C3)C2. The molecular weight excluding hydrogens is 172 g/mol. The molecule has 2 atom stereocenters. The van der Waals surface area contributed by atoms with Crippen LogP contribution in [-0.2, 0) is 4.79 Å². The van der Waals surface area contributed by atoms with Crippen LogP contribution in [0.1, 0.15) is 32.1 Å². The predicted octanol–water partition coefficient (Wildman–Crippen LogP) is 2.37. The van der Waals surface area contributed by atoms with Crippen LogP contribution in [0.3, 0.4) is 0 Å². The highest BCUT2D eigenvalue weighted by Gasteiger charge is 2.54. The lowest BCUT2D eigenvalue weighted by molar-refractivity contribution is -0.138. The molecule has 1 nitrogen and oxygen atoms in total. The van der Waals surface area contributed by atoms with Gasteiger partial charge in [0.2, 0.25) is 0 Å². The Hall–Kier alpha value is -0.0400. The molecule has 0 unspecified atom stereocenters. The summed E-state index contributed by atoms with van der Waals surface area (Å²) in [6.07, 6.45) is 5.41.